The zero-order valence-corrected chi connectivity index (χ0v) is 18.8. The first kappa shape index (κ1) is 22.1. The molecule has 0 spiro atoms. The molecule has 1 heterocycles. The van der Waals surface area contributed by atoms with Crippen molar-refractivity contribution in [3.63, 3.8) is 0 Å². The van der Waals surface area contributed by atoms with Crippen LogP contribution in [0.5, 0.6) is 11.5 Å². The molecule has 4 aromatic rings. The highest BCUT2D eigenvalue weighted by atomic mass is 16.5. The van der Waals surface area contributed by atoms with Crippen molar-refractivity contribution in [3.05, 3.63) is 119 Å². The molecular formula is C27H26N3O3. The highest BCUT2D eigenvalue weighted by molar-refractivity contribution is 5.98. The summed E-state index contributed by atoms with van der Waals surface area (Å²) in [6.45, 7) is 1.88. The second-order valence-corrected chi connectivity index (χ2v) is 7.50. The molecule has 1 radical (unpaired) electrons. The number of aromatic amines is 1. The summed E-state index contributed by atoms with van der Waals surface area (Å²) >= 11 is 0. The zero-order chi connectivity index (χ0) is 23.2. The predicted molar refractivity (Wildman–Crippen MR) is 127 cm³/mol. The van der Waals surface area contributed by atoms with Gasteiger partial charge < -0.3 is 19.8 Å². The van der Waals surface area contributed by atoms with E-state index in [0.717, 1.165) is 28.4 Å². The Morgan fingerprint density at radius 2 is 1.58 bits per heavy atom. The van der Waals surface area contributed by atoms with Gasteiger partial charge in [-0.3, -0.25) is 4.79 Å². The summed E-state index contributed by atoms with van der Waals surface area (Å²) in [6, 6.07) is 23.1. The van der Waals surface area contributed by atoms with Crippen molar-refractivity contribution >= 4 is 5.91 Å². The summed E-state index contributed by atoms with van der Waals surface area (Å²) in [5.41, 5.74) is 3.14. The molecule has 0 saturated heterocycles. The van der Waals surface area contributed by atoms with Crippen molar-refractivity contribution in [1.82, 2.24) is 15.3 Å². The van der Waals surface area contributed by atoms with Crippen molar-refractivity contribution in [2.45, 2.75) is 13.0 Å². The van der Waals surface area contributed by atoms with Crippen LogP contribution in [0.3, 0.4) is 0 Å². The number of hydrogen-bond acceptors (Lipinski definition) is 4. The van der Waals surface area contributed by atoms with E-state index >= 15 is 0 Å². The lowest BCUT2D eigenvalue weighted by atomic mass is 9.83. The topological polar surface area (TPSA) is 76.2 Å². The van der Waals surface area contributed by atoms with Gasteiger partial charge in [0.2, 0.25) is 0 Å². The van der Waals surface area contributed by atoms with Crippen LogP contribution < -0.4 is 14.8 Å². The van der Waals surface area contributed by atoms with Crippen molar-refractivity contribution in [2.75, 3.05) is 14.2 Å². The van der Waals surface area contributed by atoms with Gasteiger partial charge in [0.05, 0.1) is 31.7 Å². The largest absolute Gasteiger partial charge is 0.496 e. The third-order valence-electron chi connectivity index (χ3n) is 5.45. The maximum Gasteiger partial charge on any atom is 0.255 e. The monoisotopic (exact) mass is 440 g/mol. The second kappa shape index (κ2) is 10.0. The Kier molecular flexibility index (Phi) is 6.74. The van der Waals surface area contributed by atoms with Gasteiger partial charge >= 0.3 is 0 Å². The molecule has 6 nitrogen and oxygen atoms in total. The van der Waals surface area contributed by atoms with Crippen LogP contribution in [0.2, 0.25) is 0 Å². The molecule has 1 atom stereocenters. The number of para-hydroxylation sites is 2. The van der Waals surface area contributed by atoms with E-state index < -0.39 is 0 Å². The summed E-state index contributed by atoms with van der Waals surface area (Å²) in [5, 5.41) is 2.99. The summed E-state index contributed by atoms with van der Waals surface area (Å²) in [6.07, 6.45) is 3.39. The molecule has 3 aromatic carbocycles. The van der Waals surface area contributed by atoms with Crippen LogP contribution in [0.25, 0.3) is 0 Å². The fourth-order valence-corrected chi connectivity index (χ4v) is 3.90. The van der Waals surface area contributed by atoms with E-state index in [1.165, 1.54) is 0 Å². The maximum absolute atomic E-state index is 13.2. The lowest BCUT2D eigenvalue weighted by molar-refractivity contribution is 0.0935. The Morgan fingerprint density at radius 3 is 2.27 bits per heavy atom. The van der Waals surface area contributed by atoms with E-state index in [-0.39, 0.29) is 11.9 Å². The number of aromatic nitrogens is 2. The number of nitrogens with one attached hydrogen (secondary N) is 2. The minimum atomic E-state index is -0.285. The Labute approximate surface area is 193 Å². The van der Waals surface area contributed by atoms with Crippen molar-refractivity contribution < 1.29 is 14.3 Å². The molecule has 33 heavy (non-hydrogen) atoms. The molecule has 0 saturated carbocycles. The smallest absolute Gasteiger partial charge is 0.255 e. The molecule has 0 aliphatic rings. The van der Waals surface area contributed by atoms with E-state index in [4.69, 9.17) is 9.47 Å². The van der Waals surface area contributed by atoms with Crippen molar-refractivity contribution in [3.8, 4) is 11.5 Å². The van der Waals surface area contributed by atoms with Crippen LogP contribution in [-0.2, 0) is 0 Å². The standard InChI is InChI=1S/C27H26N3O3/c1-18(26-28-16-17-29-26)30-27(31)22-14-9-13-21(25(22)33-3)24(19-10-5-4-6-11-19)20-12-7-8-15-23(20)32-2/h4-18H,1-3H3,(H,28,29)(H,30,31). The average Bonchev–Trinajstić information content (AvgIpc) is 3.40. The predicted octanol–water partition coefficient (Wildman–Crippen LogP) is 4.94. The van der Waals surface area contributed by atoms with Crippen molar-refractivity contribution in [1.29, 1.82) is 0 Å². The first-order chi connectivity index (χ1) is 16.1. The number of rotatable bonds is 8. The fourth-order valence-electron chi connectivity index (χ4n) is 3.90. The summed E-state index contributed by atoms with van der Waals surface area (Å²) in [7, 11) is 3.23. The van der Waals surface area contributed by atoms with Crippen LogP contribution >= 0.6 is 0 Å². The third kappa shape index (κ3) is 4.60. The molecule has 167 valence electrons. The molecule has 6 heteroatoms. The zero-order valence-electron chi connectivity index (χ0n) is 18.8. The van der Waals surface area contributed by atoms with Gasteiger partial charge in [0.25, 0.3) is 5.91 Å². The fraction of sp³-hybridized carbons (Fsp3) is 0.148. The summed E-state index contributed by atoms with van der Waals surface area (Å²) in [4.78, 5) is 20.5. The van der Waals surface area contributed by atoms with Gasteiger partial charge in [-0.05, 0) is 24.6 Å². The first-order valence-electron chi connectivity index (χ1n) is 10.7. The third-order valence-corrected chi connectivity index (χ3v) is 5.45. The molecule has 0 aliphatic carbocycles. The minimum Gasteiger partial charge on any atom is -0.496 e. The highest BCUT2D eigenvalue weighted by Crippen LogP contribution is 2.41. The summed E-state index contributed by atoms with van der Waals surface area (Å²) in [5.74, 6) is 2.58. The van der Waals surface area contributed by atoms with E-state index in [9.17, 15) is 4.79 Å². The number of benzene rings is 3. The molecule has 1 aromatic heterocycles. The Morgan fingerprint density at radius 1 is 0.879 bits per heavy atom. The van der Waals surface area contributed by atoms with Crippen LogP contribution in [-0.4, -0.2) is 30.1 Å². The van der Waals surface area contributed by atoms with Gasteiger partial charge in [-0.15, -0.1) is 0 Å². The quantitative estimate of drug-likeness (QED) is 0.381. The van der Waals surface area contributed by atoms with Gasteiger partial charge in [-0.25, -0.2) is 4.98 Å². The molecule has 1 amide bonds. The number of hydrogen-bond donors (Lipinski definition) is 2. The molecule has 0 fully saturated rings. The number of amides is 1. The number of imidazole rings is 1. The Hall–Kier alpha value is -4.06. The average molecular weight is 441 g/mol. The Bertz CT molecular complexity index is 1210. The number of nitrogens with zero attached hydrogens (tertiary/aromatic N) is 1. The van der Waals surface area contributed by atoms with E-state index in [1.807, 2.05) is 73.7 Å². The van der Waals surface area contributed by atoms with Crippen LogP contribution in [0.15, 0.2) is 85.2 Å². The lowest BCUT2D eigenvalue weighted by Crippen LogP contribution is -2.28. The summed E-state index contributed by atoms with van der Waals surface area (Å²) < 4.78 is 11.5. The van der Waals surface area contributed by atoms with E-state index in [0.29, 0.717) is 17.1 Å². The van der Waals surface area contributed by atoms with Gasteiger partial charge in [0.1, 0.15) is 17.3 Å². The maximum atomic E-state index is 13.2. The van der Waals surface area contributed by atoms with Crippen LogP contribution in [0.4, 0.5) is 0 Å². The number of ether oxygens (including phenoxy) is 2. The SMILES string of the molecule is COc1ccccc1[C](c1ccccc1)c1cccc(C(=O)NC(C)c2ncc[nH]2)c1OC. The molecule has 1 unspecified atom stereocenters. The molecule has 4 rings (SSSR count). The lowest BCUT2D eigenvalue weighted by Gasteiger charge is -2.23. The number of carbonyl (C=O) groups is 1. The number of H-pyrrole nitrogens is 1. The first-order valence-corrected chi connectivity index (χ1v) is 10.7. The van der Waals surface area contributed by atoms with Gasteiger partial charge in [0.15, 0.2) is 0 Å². The minimum absolute atomic E-state index is 0.245. The molecular weight excluding hydrogens is 414 g/mol. The van der Waals surface area contributed by atoms with Crippen LogP contribution in [0.1, 0.15) is 45.8 Å². The normalized spacial score (nSPS) is 11.8. The second-order valence-electron chi connectivity index (χ2n) is 7.50. The van der Waals surface area contributed by atoms with Crippen LogP contribution in [0, 0.1) is 5.92 Å². The van der Waals surface area contributed by atoms with E-state index in [2.05, 4.69) is 15.3 Å². The molecule has 0 bridgehead atoms. The van der Waals surface area contributed by atoms with Gasteiger partial charge in [0, 0.05) is 23.5 Å². The van der Waals surface area contributed by atoms with Crippen molar-refractivity contribution in [2.24, 2.45) is 0 Å². The van der Waals surface area contributed by atoms with Gasteiger partial charge in [-0.2, -0.15) is 0 Å². The van der Waals surface area contributed by atoms with Gasteiger partial charge in [-0.1, -0.05) is 60.7 Å². The highest BCUT2D eigenvalue weighted by Gasteiger charge is 2.27. The van der Waals surface area contributed by atoms with E-state index in [1.54, 1.807) is 32.7 Å². The molecule has 0 aliphatic heterocycles. The Balaban J connectivity index is 1.81. The molecule has 2 N–H and O–H groups in total. The number of carbonyl (C=O) groups excluding carboxylic acids is 1. The number of methoxy groups -OCH3 is 2.